The van der Waals surface area contributed by atoms with Gasteiger partial charge in [0, 0.05) is 35.7 Å². The second-order valence-electron chi connectivity index (χ2n) is 9.42. The number of hydrogen-bond acceptors (Lipinski definition) is 8. The van der Waals surface area contributed by atoms with Gasteiger partial charge in [0.25, 0.3) is 0 Å². The van der Waals surface area contributed by atoms with Gasteiger partial charge in [-0.3, -0.25) is 19.2 Å². The molecule has 0 aliphatic carbocycles. The Morgan fingerprint density at radius 2 is 1.46 bits per heavy atom. The molecule has 4 amide bonds. The molecule has 1 aromatic heterocycles. The zero-order chi connectivity index (χ0) is 30.1. The van der Waals surface area contributed by atoms with Crippen LogP contribution in [-0.2, 0) is 36.8 Å². The summed E-state index contributed by atoms with van der Waals surface area (Å²) in [6.45, 7) is 0. The van der Waals surface area contributed by atoms with Crippen molar-refractivity contribution in [3.8, 4) is 5.75 Å². The molecular formula is C27H32N6O7S. The molecule has 4 unspecified atom stereocenters. The third kappa shape index (κ3) is 8.71. The second-order valence-corrected chi connectivity index (χ2v) is 9.78. The number of fused-ring (bicyclic) bond motifs is 1. The zero-order valence-electron chi connectivity index (χ0n) is 21.9. The molecule has 3 aromatic rings. The van der Waals surface area contributed by atoms with Crippen molar-refractivity contribution in [2.24, 2.45) is 11.5 Å². The van der Waals surface area contributed by atoms with Crippen molar-refractivity contribution >= 4 is 53.1 Å². The number of aromatic amines is 1. The molecule has 13 nitrogen and oxygen atoms in total. The van der Waals surface area contributed by atoms with Gasteiger partial charge in [0.05, 0.1) is 12.5 Å². The smallest absolute Gasteiger partial charge is 0.326 e. The maximum atomic E-state index is 13.2. The predicted molar refractivity (Wildman–Crippen MR) is 153 cm³/mol. The fourth-order valence-electron chi connectivity index (χ4n) is 4.12. The van der Waals surface area contributed by atoms with Crippen molar-refractivity contribution in [2.45, 2.75) is 43.4 Å². The molecule has 1 heterocycles. The maximum Gasteiger partial charge on any atom is 0.326 e. The van der Waals surface area contributed by atoms with Gasteiger partial charge >= 0.3 is 5.97 Å². The van der Waals surface area contributed by atoms with E-state index in [1.165, 1.54) is 24.3 Å². The summed E-state index contributed by atoms with van der Waals surface area (Å²) >= 11 is 4.15. The summed E-state index contributed by atoms with van der Waals surface area (Å²) in [6.07, 6.45) is 1.15. The van der Waals surface area contributed by atoms with Crippen LogP contribution in [-0.4, -0.2) is 74.7 Å². The van der Waals surface area contributed by atoms with Crippen LogP contribution in [0.15, 0.2) is 54.7 Å². The number of nitrogens with one attached hydrogen (secondary N) is 4. The Balaban J connectivity index is 1.73. The van der Waals surface area contributed by atoms with Crippen LogP contribution in [0.1, 0.15) is 17.5 Å². The van der Waals surface area contributed by atoms with Crippen molar-refractivity contribution in [1.29, 1.82) is 0 Å². The van der Waals surface area contributed by atoms with Gasteiger partial charge in [0.15, 0.2) is 0 Å². The number of phenols is 1. The molecule has 14 heteroatoms. The minimum absolute atomic E-state index is 0.00491. The van der Waals surface area contributed by atoms with Crippen molar-refractivity contribution in [2.75, 3.05) is 5.75 Å². The third-order valence-electron chi connectivity index (χ3n) is 6.30. The van der Waals surface area contributed by atoms with Gasteiger partial charge in [-0.2, -0.15) is 12.6 Å². The number of H-pyrrole nitrogens is 1. The van der Waals surface area contributed by atoms with Gasteiger partial charge in [-0.1, -0.05) is 30.3 Å². The Morgan fingerprint density at radius 3 is 2.10 bits per heavy atom. The number of rotatable bonds is 14. The van der Waals surface area contributed by atoms with Crippen LogP contribution in [0.3, 0.4) is 0 Å². The molecule has 41 heavy (non-hydrogen) atoms. The second kappa shape index (κ2) is 14.2. The topological polar surface area (TPSA) is 230 Å². The van der Waals surface area contributed by atoms with E-state index in [-0.39, 0.29) is 24.3 Å². The molecule has 0 spiro atoms. The molecule has 2 aromatic carbocycles. The van der Waals surface area contributed by atoms with Crippen LogP contribution in [0.4, 0.5) is 0 Å². The first-order valence-corrected chi connectivity index (χ1v) is 13.2. The van der Waals surface area contributed by atoms with Gasteiger partial charge in [-0.15, -0.1) is 0 Å². The molecule has 4 atom stereocenters. The van der Waals surface area contributed by atoms with Crippen LogP contribution in [0.5, 0.6) is 5.75 Å². The number of para-hydroxylation sites is 1. The van der Waals surface area contributed by atoms with E-state index in [2.05, 4.69) is 33.6 Å². The minimum atomic E-state index is -1.31. The molecule has 0 saturated carbocycles. The largest absolute Gasteiger partial charge is 0.508 e. The number of primary amides is 1. The van der Waals surface area contributed by atoms with E-state index >= 15 is 0 Å². The first kappa shape index (κ1) is 31.0. The highest BCUT2D eigenvalue weighted by Crippen LogP contribution is 2.19. The lowest BCUT2D eigenvalue weighted by molar-refractivity contribution is -0.142. The van der Waals surface area contributed by atoms with Gasteiger partial charge < -0.3 is 42.6 Å². The summed E-state index contributed by atoms with van der Waals surface area (Å²) in [7, 11) is 0. The third-order valence-corrected chi connectivity index (χ3v) is 6.66. The summed E-state index contributed by atoms with van der Waals surface area (Å²) in [5.41, 5.74) is 12.9. The predicted octanol–water partition coefficient (Wildman–Crippen LogP) is -0.670. The van der Waals surface area contributed by atoms with E-state index in [9.17, 15) is 34.2 Å². The molecule has 0 fully saturated rings. The summed E-state index contributed by atoms with van der Waals surface area (Å²) in [5.74, 6) is -4.66. The normalized spacial score (nSPS) is 13.9. The van der Waals surface area contributed by atoms with E-state index in [4.69, 9.17) is 11.5 Å². The summed E-state index contributed by atoms with van der Waals surface area (Å²) in [6, 6.07) is 8.07. The zero-order valence-corrected chi connectivity index (χ0v) is 22.8. The van der Waals surface area contributed by atoms with Crippen LogP contribution < -0.4 is 27.4 Å². The summed E-state index contributed by atoms with van der Waals surface area (Å²) in [4.78, 5) is 65.1. The molecule has 0 aliphatic rings. The molecule has 0 saturated heterocycles. The number of benzene rings is 2. The van der Waals surface area contributed by atoms with Crippen molar-refractivity contribution in [3.05, 3.63) is 65.9 Å². The molecule has 0 aliphatic heterocycles. The number of amides is 4. The number of hydrogen-bond donors (Lipinski definition) is 9. The van der Waals surface area contributed by atoms with Gasteiger partial charge in [0.2, 0.25) is 23.6 Å². The maximum absolute atomic E-state index is 13.2. The number of thiol groups is 1. The Hall–Kier alpha value is -4.56. The monoisotopic (exact) mass is 584 g/mol. The number of carboxylic acids is 1. The number of carbonyl (C=O) groups excluding carboxylic acids is 4. The number of nitrogens with two attached hydrogens (primary N) is 2. The number of aromatic nitrogens is 1. The average Bonchev–Trinajstić information content (AvgIpc) is 3.34. The Labute approximate surface area is 240 Å². The van der Waals surface area contributed by atoms with E-state index in [1.54, 1.807) is 6.20 Å². The number of carbonyl (C=O) groups is 5. The molecule has 218 valence electrons. The highest BCUT2D eigenvalue weighted by Gasteiger charge is 2.30. The van der Waals surface area contributed by atoms with Crippen molar-refractivity contribution < 1.29 is 34.2 Å². The average molecular weight is 585 g/mol. The fourth-order valence-corrected chi connectivity index (χ4v) is 4.38. The molecule has 10 N–H and O–H groups in total. The molecular weight excluding hydrogens is 552 g/mol. The Morgan fingerprint density at radius 1 is 0.854 bits per heavy atom. The molecule has 0 radical (unpaired) electrons. The minimum Gasteiger partial charge on any atom is -0.508 e. The van der Waals surface area contributed by atoms with Crippen LogP contribution >= 0.6 is 12.6 Å². The van der Waals surface area contributed by atoms with Crippen molar-refractivity contribution in [3.63, 3.8) is 0 Å². The first-order chi connectivity index (χ1) is 19.5. The lowest BCUT2D eigenvalue weighted by atomic mass is 10.0. The van der Waals surface area contributed by atoms with E-state index in [0.29, 0.717) is 11.1 Å². The lowest BCUT2D eigenvalue weighted by Crippen LogP contribution is -2.58. The first-order valence-electron chi connectivity index (χ1n) is 12.6. The number of phenolic OH excluding ortho intramolecular Hbond substituents is 1. The fraction of sp³-hybridized carbons (Fsp3) is 0.296. The van der Waals surface area contributed by atoms with Crippen LogP contribution in [0.25, 0.3) is 10.9 Å². The number of aromatic hydroxyl groups is 1. The van der Waals surface area contributed by atoms with Crippen molar-refractivity contribution in [1.82, 2.24) is 20.9 Å². The lowest BCUT2D eigenvalue weighted by Gasteiger charge is -2.24. The molecule has 0 bridgehead atoms. The summed E-state index contributed by atoms with van der Waals surface area (Å²) < 4.78 is 0. The highest BCUT2D eigenvalue weighted by molar-refractivity contribution is 7.80. The number of carboxylic acid groups (broad SMARTS) is 1. The SMILES string of the molecule is NC(=O)CC(N)C(=O)NC(Cc1ccc(O)cc1)C(=O)NC(CS)C(=O)NC(Cc1c[nH]c2ccccc12)C(=O)O. The standard InChI is InChI=1S/C27H32N6O7S/c28-18(11-23(29)35)24(36)31-20(9-14-5-7-16(34)8-6-14)25(37)33-22(13-41)26(38)32-21(27(39)40)10-15-12-30-19-4-2-1-3-17(15)19/h1-8,12,18,20-22,30,34,41H,9-11,13,28H2,(H2,29,35)(H,31,36)(H,32,38)(H,33,37)(H,39,40). The van der Waals surface area contributed by atoms with Gasteiger partial charge in [-0.25, -0.2) is 4.79 Å². The Kier molecular flexibility index (Phi) is 10.7. The van der Waals surface area contributed by atoms with Crippen LogP contribution in [0, 0.1) is 0 Å². The van der Waals surface area contributed by atoms with E-state index < -0.39 is 60.2 Å². The quantitative estimate of drug-likeness (QED) is 0.110. The van der Waals surface area contributed by atoms with E-state index in [1.807, 2.05) is 24.3 Å². The summed E-state index contributed by atoms with van der Waals surface area (Å²) in [5, 5.41) is 27.5. The van der Waals surface area contributed by atoms with E-state index in [0.717, 1.165) is 10.9 Å². The molecule has 3 rings (SSSR count). The van der Waals surface area contributed by atoms with Gasteiger partial charge in [0.1, 0.15) is 23.9 Å². The Bertz CT molecular complexity index is 1410. The van der Waals surface area contributed by atoms with Crippen LogP contribution in [0.2, 0.25) is 0 Å². The highest BCUT2D eigenvalue weighted by atomic mass is 32.1. The van der Waals surface area contributed by atoms with Gasteiger partial charge in [-0.05, 0) is 29.3 Å². The number of aliphatic carboxylic acids is 1.